The van der Waals surface area contributed by atoms with E-state index in [1.165, 1.54) is 18.2 Å². The summed E-state index contributed by atoms with van der Waals surface area (Å²) in [6, 6.07) is 4.99. The summed E-state index contributed by atoms with van der Waals surface area (Å²) in [4.78, 5) is 3.33. The Kier molecular flexibility index (Phi) is 4.63. The number of sulfonamides is 1. The summed E-state index contributed by atoms with van der Waals surface area (Å²) in [5.74, 6) is -1.19. The van der Waals surface area contributed by atoms with Crippen LogP contribution in [0, 0.1) is 12.7 Å². The lowest BCUT2D eigenvalue weighted by atomic mass is 10.3. The van der Waals surface area contributed by atoms with Crippen molar-refractivity contribution in [3.05, 3.63) is 50.8 Å². The second kappa shape index (κ2) is 5.96. The Morgan fingerprint density at radius 1 is 1.14 bits per heavy atom. The minimum atomic E-state index is -4.22. The summed E-state index contributed by atoms with van der Waals surface area (Å²) in [7, 11) is -4.22. The molecule has 9 heteroatoms. The number of anilines is 1. The Hall–Kier alpha value is -1.08. The molecular weight excluding hydrogens is 362 g/mol. The van der Waals surface area contributed by atoms with E-state index in [-0.39, 0.29) is 20.9 Å². The van der Waals surface area contributed by atoms with Crippen LogP contribution < -0.4 is 4.72 Å². The largest absolute Gasteiger partial charge is 0.266 e. The van der Waals surface area contributed by atoms with Gasteiger partial charge in [-0.1, -0.05) is 40.9 Å². The van der Waals surface area contributed by atoms with Crippen molar-refractivity contribution in [3.8, 4) is 0 Å². The maximum atomic E-state index is 13.8. The number of hydrogen-bond donors (Lipinski definition) is 1. The highest BCUT2D eigenvalue weighted by atomic mass is 35.5. The minimum absolute atomic E-state index is 0.00314. The summed E-state index contributed by atoms with van der Waals surface area (Å²) in [6.07, 6.45) is 0. The molecule has 0 unspecified atom stereocenters. The number of aryl methyl sites for hydroxylation is 1. The molecule has 21 heavy (non-hydrogen) atoms. The maximum Gasteiger partial charge on any atom is 0.266 e. The first-order chi connectivity index (χ1) is 9.72. The van der Waals surface area contributed by atoms with E-state index in [1.54, 1.807) is 6.92 Å². The molecule has 0 radical (unpaired) electrons. The van der Waals surface area contributed by atoms with Gasteiger partial charge in [-0.2, -0.15) is 0 Å². The molecule has 1 N–H and O–H groups in total. The van der Waals surface area contributed by atoms with Crippen molar-refractivity contribution in [1.29, 1.82) is 0 Å². The van der Waals surface area contributed by atoms with E-state index in [4.69, 9.17) is 34.8 Å². The monoisotopic (exact) mass is 368 g/mol. The van der Waals surface area contributed by atoms with Crippen LogP contribution in [0.15, 0.2) is 29.2 Å². The Morgan fingerprint density at radius 3 is 2.48 bits per heavy atom. The first-order valence-electron chi connectivity index (χ1n) is 5.52. The van der Waals surface area contributed by atoms with Gasteiger partial charge in [-0.05, 0) is 25.1 Å². The van der Waals surface area contributed by atoms with Crippen molar-refractivity contribution >= 4 is 50.6 Å². The Balaban J connectivity index is 2.47. The average Bonchev–Trinajstić information content (AvgIpc) is 2.38. The summed E-state index contributed by atoms with van der Waals surface area (Å²) in [5.41, 5.74) is 0.380. The second-order valence-electron chi connectivity index (χ2n) is 4.04. The van der Waals surface area contributed by atoms with Crippen LogP contribution in [0.3, 0.4) is 0 Å². The molecule has 0 aliphatic rings. The van der Waals surface area contributed by atoms with Crippen molar-refractivity contribution in [1.82, 2.24) is 4.98 Å². The average molecular weight is 370 g/mol. The standard InChI is InChI=1S/C12H8Cl3FN2O2S/c1-6-8(14)5-9(15)12(17-6)18-21(19,20)10-4-2-3-7(13)11(10)16/h2-5H,1H3,(H,17,18). The van der Waals surface area contributed by atoms with E-state index in [1.807, 2.05) is 0 Å². The van der Waals surface area contributed by atoms with E-state index in [2.05, 4.69) is 9.71 Å². The maximum absolute atomic E-state index is 13.8. The van der Waals surface area contributed by atoms with Crippen molar-refractivity contribution < 1.29 is 12.8 Å². The Bertz CT molecular complexity index is 812. The number of nitrogens with zero attached hydrogens (tertiary/aromatic N) is 1. The highest BCUT2D eigenvalue weighted by Crippen LogP contribution is 2.29. The van der Waals surface area contributed by atoms with Crippen molar-refractivity contribution in [3.63, 3.8) is 0 Å². The number of hydrogen-bond acceptors (Lipinski definition) is 3. The Labute approximate surface area is 135 Å². The van der Waals surface area contributed by atoms with Gasteiger partial charge in [0.2, 0.25) is 0 Å². The fourth-order valence-corrected chi connectivity index (χ4v) is 3.32. The third-order valence-corrected chi connectivity index (χ3v) is 4.86. The molecule has 1 heterocycles. The predicted molar refractivity (Wildman–Crippen MR) is 81.2 cm³/mol. The topological polar surface area (TPSA) is 59.1 Å². The molecule has 0 atom stereocenters. The van der Waals surface area contributed by atoms with Crippen LogP contribution in [0.2, 0.25) is 15.1 Å². The highest BCUT2D eigenvalue weighted by molar-refractivity contribution is 7.92. The van der Waals surface area contributed by atoms with Crippen molar-refractivity contribution in [2.75, 3.05) is 4.72 Å². The molecule has 0 spiro atoms. The van der Waals surface area contributed by atoms with Crippen LogP contribution in [-0.4, -0.2) is 13.4 Å². The lowest BCUT2D eigenvalue weighted by molar-refractivity contribution is 0.570. The van der Waals surface area contributed by atoms with E-state index >= 15 is 0 Å². The van der Waals surface area contributed by atoms with E-state index in [0.29, 0.717) is 5.69 Å². The van der Waals surface area contributed by atoms with Gasteiger partial charge < -0.3 is 0 Å². The zero-order chi connectivity index (χ0) is 15.8. The van der Waals surface area contributed by atoms with Crippen LogP contribution >= 0.6 is 34.8 Å². The second-order valence-corrected chi connectivity index (χ2v) is 6.92. The van der Waals surface area contributed by atoms with Gasteiger partial charge in [0.05, 0.1) is 20.8 Å². The van der Waals surface area contributed by atoms with Crippen LogP contribution in [0.1, 0.15) is 5.69 Å². The van der Waals surface area contributed by atoms with Gasteiger partial charge in [-0.15, -0.1) is 0 Å². The van der Waals surface area contributed by atoms with Gasteiger partial charge in [-0.3, -0.25) is 4.72 Å². The van der Waals surface area contributed by atoms with E-state index in [9.17, 15) is 12.8 Å². The van der Waals surface area contributed by atoms with Gasteiger partial charge in [0.1, 0.15) is 4.90 Å². The van der Waals surface area contributed by atoms with Gasteiger partial charge in [-0.25, -0.2) is 17.8 Å². The third kappa shape index (κ3) is 3.40. The first kappa shape index (κ1) is 16.3. The fourth-order valence-electron chi connectivity index (χ4n) is 1.50. The lowest BCUT2D eigenvalue weighted by Gasteiger charge is -2.11. The molecule has 112 valence electrons. The van der Waals surface area contributed by atoms with Gasteiger partial charge in [0.25, 0.3) is 10.0 Å². The van der Waals surface area contributed by atoms with Gasteiger partial charge >= 0.3 is 0 Å². The van der Waals surface area contributed by atoms with Crippen LogP contribution in [0.4, 0.5) is 10.2 Å². The molecule has 2 aromatic rings. The molecule has 1 aromatic carbocycles. The van der Waals surface area contributed by atoms with Crippen LogP contribution in [0.5, 0.6) is 0 Å². The molecule has 0 saturated carbocycles. The molecule has 0 fully saturated rings. The normalized spacial score (nSPS) is 11.5. The zero-order valence-corrected chi connectivity index (χ0v) is 13.6. The molecule has 0 saturated heterocycles. The van der Waals surface area contributed by atoms with Crippen LogP contribution in [0.25, 0.3) is 0 Å². The number of halogens is 4. The molecule has 0 aliphatic carbocycles. The number of rotatable bonds is 3. The summed E-state index contributed by atoms with van der Waals surface area (Å²) < 4.78 is 40.3. The smallest absolute Gasteiger partial charge is 0.262 e. The summed E-state index contributed by atoms with van der Waals surface area (Å²) in [6.45, 7) is 1.58. The SMILES string of the molecule is Cc1nc(NS(=O)(=O)c2cccc(Cl)c2F)c(Cl)cc1Cl. The third-order valence-electron chi connectivity index (χ3n) is 2.54. The molecule has 0 aliphatic heterocycles. The molecular formula is C12H8Cl3FN2O2S. The Morgan fingerprint density at radius 2 is 1.81 bits per heavy atom. The summed E-state index contributed by atoms with van der Waals surface area (Å²) >= 11 is 17.3. The number of nitrogens with one attached hydrogen (secondary N) is 1. The molecule has 0 bridgehead atoms. The van der Waals surface area contributed by atoms with E-state index in [0.717, 1.165) is 6.07 Å². The number of pyridine rings is 1. The van der Waals surface area contributed by atoms with E-state index < -0.39 is 20.7 Å². The van der Waals surface area contributed by atoms with Gasteiger partial charge in [0.15, 0.2) is 11.6 Å². The fraction of sp³-hybridized carbons (Fsp3) is 0.0833. The van der Waals surface area contributed by atoms with Crippen molar-refractivity contribution in [2.24, 2.45) is 0 Å². The lowest BCUT2D eigenvalue weighted by Crippen LogP contribution is -2.16. The zero-order valence-electron chi connectivity index (χ0n) is 10.5. The minimum Gasteiger partial charge on any atom is -0.262 e. The van der Waals surface area contributed by atoms with Crippen LogP contribution in [-0.2, 0) is 10.0 Å². The highest BCUT2D eigenvalue weighted by Gasteiger charge is 2.22. The molecule has 0 amide bonds. The number of benzene rings is 1. The molecule has 1 aromatic heterocycles. The van der Waals surface area contributed by atoms with Gasteiger partial charge in [0, 0.05) is 0 Å². The first-order valence-corrected chi connectivity index (χ1v) is 8.13. The predicted octanol–water partition coefficient (Wildman–Crippen LogP) is 4.29. The summed E-state index contributed by atoms with van der Waals surface area (Å²) in [5, 5.41) is -0.0160. The quantitative estimate of drug-likeness (QED) is 0.878. The molecule has 2 rings (SSSR count). The van der Waals surface area contributed by atoms with Crippen molar-refractivity contribution in [2.45, 2.75) is 11.8 Å². The number of aromatic nitrogens is 1. The molecule has 4 nitrogen and oxygen atoms in total.